The second-order valence-electron chi connectivity index (χ2n) is 6.51. The Morgan fingerprint density at radius 3 is 2.13 bits per heavy atom. The van der Waals surface area contributed by atoms with Crippen LogP contribution in [0.3, 0.4) is 0 Å². The van der Waals surface area contributed by atoms with E-state index in [0.717, 1.165) is 16.9 Å². The van der Waals surface area contributed by atoms with Crippen molar-refractivity contribution in [2.45, 2.75) is 0 Å². The second-order valence-corrected chi connectivity index (χ2v) is 6.51. The lowest BCUT2D eigenvalue weighted by Gasteiger charge is -2.14. The molecule has 0 aliphatic heterocycles. The normalized spacial score (nSPS) is 10.3. The number of benzene rings is 3. The van der Waals surface area contributed by atoms with E-state index in [-0.39, 0.29) is 0 Å². The Kier molecular flexibility index (Phi) is 5.75. The zero-order valence-electron chi connectivity index (χ0n) is 16.8. The van der Waals surface area contributed by atoms with Gasteiger partial charge in [-0.15, -0.1) is 0 Å². The van der Waals surface area contributed by atoms with E-state index in [1.807, 2.05) is 84.9 Å². The molecule has 30 heavy (non-hydrogen) atoms. The van der Waals surface area contributed by atoms with Crippen LogP contribution in [0.5, 0.6) is 11.5 Å². The fraction of sp³-hybridized carbons (Fsp3) is 0.0833. The average molecular weight is 398 g/mol. The number of ether oxygens (including phenoxy) is 2. The van der Waals surface area contributed by atoms with Crippen LogP contribution in [0.2, 0.25) is 0 Å². The highest BCUT2D eigenvalue weighted by molar-refractivity contribution is 5.70. The van der Waals surface area contributed by atoms with Crippen LogP contribution >= 0.6 is 0 Å². The van der Waals surface area contributed by atoms with Crippen molar-refractivity contribution in [2.75, 3.05) is 24.9 Å². The Morgan fingerprint density at radius 1 is 0.700 bits per heavy atom. The monoisotopic (exact) mass is 398 g/mol. The first kappa shape index (κ1) is 19.3. The standard InChI is InChI=1S/C24H22N4O2/c1-29-19-13-14-22(30-2)21(15-19)27-24-26-20(17-9-5-3-6-10-17)16-23(28-24)25-18-11-7-4-8-12-18/h3-16H,1-2H3,(H2,25,26,27,28). The first-order valence-electron chi connectivity index (χ1n) is 9.51. The van der Waals surface area contributed by atoms with E-state index in [1.54, 1.807) is 14.2 Å². The fourth-order valence-corrected chi connectivity index (χ4v) is 3.03. The topological polar surface area (TPSA) is 68.3 Å². The smallest absolute Gasteiger partial charge is 0.229 e. The molecule has 0 unspecified atom stereocenters. The third-order valence-electron chi connectivity index (χ3n) is 4.50. The predicted molar refractivity (Wildman–Crippen MR) is 120 cm³/mol. The first-order valence-corrected chi connectivity index (χ1v) is 9.51. The van der Waals surface area contributed by atoms with E-state index in [2.05, 4.69) is 15.6 Å². The molecule has 0 aliphatic carbocycles. The van der Waals surface area contributed by atoms with Crippen LogP contribution < -0.4 is 20.1 Å². The van der Waals surface area contributed by atoms with Crippen molar-refractivity contribution < 1.29 is 9.47 Å². The summed E-state index contributed by atoms with van der Waals surface area (Å²) >= 11 is 0. The van der Waals surface area contributed by atoms with Gasteiger partial charge in [0.05, 0.1) is 25.6 Å². The van der Waals surface area contributed by atoms with Crippen LogP contribution in [0.1, 0.15) is 0 Å². The number of nitrogens with one attached hydrogen (secondary N) is 2. The van der Waals surface area contributed by atoms with Gasteiger partial charge in [-0.2, -0.15) is 4.98 Å². The van der Waals surface area contributed by atoms with Crippen molar-refractivity contribution in [1.82, 2.24) is 9.97 Å². The summed E-state index contributed by atoms with van der Waals surface area (Å²) < 4.78 is 10.8. The number of aromatic nitrogens is 2. The maximum absolute atomic E-state index is 5.47. The molecule has 1 heterocycles. The van der Waals surface area contributed by atoms with E-state index in [4.69, 9.17) is 14.5 Å². The van der Waals surface area contributed by atoms with Crippen LogP contribution in [-0.2, 0) is 0 Å². The lowest BCUT2D eigenvalue weighted by molar-refractivity contribution is 0.405. The summed E-state index contributed by atoms with van der Waals surface area (Å²) in [6, 6.07) is 27.3. The van der Waals surface area contributed by atoms with Gasteiger partial charge in [0.2, 0.25) is 5.95 Å². The van der Waals surface area contributed by atoms with Gasteiger partial charge < -0.3 is 20.1 Å². The van der Waals surface area contributed by atoms with Crippen LogP contribution in [0.15, 0.2) is 84.9 Å². The molecule has 150 valence electrons. The molecule has 6 heteroatoms. The van der Waals surface area contributed by atoms with Gasteiger partial charge in [0, 0.05) is 23.4 Å². The largest absolute Gasteiger partial charge is 0.497 e. The van der Waals surface area contributed by atoms with Crippen LogP contribution in [0.4, 0.5) is 23.1 Å². The molecule has 0 saturated carbocycles. The number of nitrogens with zero attached hydrogens (tertiary/aromatic N) is 2. The Balaban J connectivity index is 1.74. The van der Waals surface area contributed by atoms with Crippen molar-refractivity contribution in [3.05, 3.63) is 84.9 Å². The molecule has 0 atom stereocenters. The molecule has 4 aromatic rings. The highest BCUT2D eigenvalue weighted by atomic mass is 16.5. The van der Waals surface area contributed by atoms with Crippen LogP contribution in [0, 0.1) is 0 Å². The third-order valence-corrected chi connectivity index (χ3v) is 4.50. The van der Waals surface area contributed by atoms with Gasteiger partial charge >= 0.3 is 0 Å². The molecule has 0 aliphatic rings. The fourth-order valence-electron chi connectivity index (χ4n) is 3.03. The van der Waals surface area contributed by atoms with Crippen molar-refractivity contribution in [2.24, 2.45) is 0 Å². The zero-order valence-corrected chi connectivity index (χ0v) is 16.8. The van der Waals surface area contributed by atoms with Gasteiger partial charge in [-0.3, -0.25) is 0 Å². The lowest BCUT2D eigenvalue weighted by atomic mass is 10.1. The van der Waals surface area contributed by atoms with E-state index < -0.39 is 0 Å². The quantitative estimate of drug-likeness (QED) is 0.419. The van der Waals surface area contributed by atoms with Crippen molar-refractivity contribution >= 4 is 23.1 Å². The van der Waals surface area contributed by atoms with Gasteiger partial charge in [-0.05, 0) is 24.3 Å². The average Bonchev–Trinajstić information content (AvgIpc) is 2.80. The summed E-state index contributed by atoms with van der Waals surface area (Å²) in [5.74, 6) is 2.50. The van der Waals surface area contributed by atoms with Crippen LogP contribution in [0.25, 0.3) is 11.3 Å². The van der Waals surface area contributed by atoms with E-state index >= 15 is 0 Å². The first-order chi connectivity index (χ1) is 14.7. The second kappa shape index (κ2) is 8.96. The van der Waals surface area contributed by atoms with Crippen molar-refractivity contribution in [3.8, 4) is 22.8 Å². The number of hydrogen-bond acceptors (Lipinski definition) is 6. The minimum atomic E-state index is 0.446. The third kappa shape index (κ3) is 4.50. The predicted octanol–water partition coefficient (Wildman–Crippen LogP) is 5.65. The van der Waals surface area contributed by atoms with Gasteiger partial charge in [-0.25, -0.2) is 4.98 Å². The summed E-state index contributed by atoms with van der Waals surface area (Å²) in [4.78, 5) is 9.36. The molecule has 0 spiro atoms. The molecule has 3 aromatic carbocycles. The van der Waals surface area contributed by atoms with Crippen molar-refractivity contribution in [3.63, 3.8) is 0 Å². The number of para-hydroxylation sites is 1. The van der Waals surface area contributed by atoms with Gasteiger partial charge in [0.15, 0.2) is 0 Å². The Labute approximate surface area is 175 Å². The number of anilines is 4. The molecule has 0 fully saturated rings. The minimum Gasteiger partial charge on any atom is -0.497 e. The molecule has 1 aromatic heterocycles. The molecular formula is C24H22N4O2. The van der Waals surface area contributed by atoms with Gasteiger partial charge in [-0.1, -0.05) is 48.5 Å². The molecule has 6 nitrogen and oxygen atoms in total. The molecule has 0 bridgehead atoms. The Morgan fingerprint density at radius 2 is 1.43 bits per heavy atom. The highest BCUT2D eigenvalue weighted by Gasteiger charge is 2.11. The highest BCUT2D eigenvalue weighted by Crippen LogP contribution is 2.32. The molecule has 0 amide bonds. The van der Waals surface area contributed by atoms with E-state index in [1.165, 1.54) is 0 Å². The zero-order chi connectivity index (χ0) is 20.8. The molecule has 0 radical (unpaired) electrons. The molecule has 0 saturated heterocycles. The van der Waals surface area contributed by atoms with Crippen molar-refractivity contribution in [1.29, 1.82) is 0 Å². The summed E-state index contributed by atoms with van der Waals surface area (Å²) in [6.07, 6.45) is 0. The van der Waals surface area contributed by atoms with E-state index in [9.17, 15) is 0 Å². The number of rotatable bonds is 7. The summed E-state index contributed by atoms with van der Waals surface area (Å²) in [5.41, 5.74) is 3.46. The maximum atomic E-state index is 5.47. The SMILES string of the molecule is COc1ccc(OC)c(Nc2nc(Nc3ccccc3)cc(-c3ccccc3)n2)c1. The number of methoxy groups -OCH3 is 2. The van der Waals surface area contributed by atoms with E-state index in [0.29, 0.717) is 29.0 Å². The van der Waals surface area contributed by atoms with Crippen LogP contribution in [-0.4, -0.2) is 24.2 Å². The van der Waals surface area contributed by atoms with Gasteiger partial charge in [0.1, 0.15) is 17.3 Å². The minimum absolute atomic E-state index is 0.446. The van der Waals surface area contributed by atoms with Gasteiger partial charge in [0.25, 0.3) is 0 Å². The number of hydrogen-bond donors (Lipinski definition) is 2. The molecular weight excluding hydrogens is 376 g/mol. The summed E-state index contributed by atoms with van der Waals surface area (Å²) in [6.45, 7) is 0. The molecule has 2 N–H and O–H groups in total. The lowest BCUT2D eigenvalue weighted by Crippen LogP contribution is -2.03. The summed E-state index contributed by atoms with van der Waals surface area (Å²) in [5, 5.41) is 6.61. The Bertz CT molecular complexity index is 1120. The maximum Gasteiger partial charge on any atom is 0.229 e. The molecule has 4 rings (SSSR count). The Hall–Kier alpha value is -4.06. The summed E-state index contributed by atoms with van der Waals surface area (Å²) in [7, 11) is 3.25.